The van der Waals surface area contributed by atoms with E-state index in [2.05, 4.69) is 69.9 Å². The summed E-state index contributed by atoms with van der Waals surface area (Å²) in [7, 11) is 0. The molecule has 0 saturated carbocycles. The van der Waals surface area contributed by atoms with Gasteiger partial charge in [0.2, 0.25) is 5.91 Å². The first kappa shape index (κ1) is 18.7. The lowest BCUT2D eigenvalue weighted by molar-refractivity contribution is -0.222. The van der Waals surface area contributed by atoms with E-state index in [0.29, 0.717) is 0 Å². The Hall–Kier alpha value is -0.590. The lowest BCUT2D eigenvalue weighted by Crippen LogP contribution is -2.65. The zero-order chi connectivity index (χ0) is 17.4. The Balaban J connectivity index is 2.25. The van der Waals surface area contributed by atoms with Crippen molar-refractivity contribution in [1.29, 1.82) is 0 Å². The summed E-state index contributed by atoms with van der Waals surface area (Å²) in [5, 5.41) is 5.12. The average molecular weight is 448 g/mol. The van der Waals surface area contributed by atoms with Gasteiger partial charge in [-0.25, -0.2) is 0 Å². The van der Waals surface area contributed by atoms with Crippen LogP contribution in [0.25, 0.3) is 0 Å². The number of hydrogen-bond acceptors (Lipinski definition) is 3. The molecule has 0 spiro atoms. The minimum atomic E-state index is -0.207. The van der Waals surface area contributed by atoms with Crippen molar-refractivity contribution in [3.8, 4) is 5.75 Å². The van der Waals surface area contributed by atoms with Crippen LogP contribution in [0.4, 0.5) is 0 Å². The van der Waals surface area contributed by atoms with Crippen LogP contribution in [0.15, 0.2) is 27.1 Å². The molecule has 128 valence electrons. The third kappa shape index (κ3) is 4.48. The second-order valence-electron chi connectivity index (χ2n) is 7.39. The van der Waals surface area contributed by atoms with Crippen molar-refractivity contribution in [2.24, 2.45) is 0 Å². The quantitative estimate of drug-likeness (QED) is 0.732. The predicted molar refractivity (Wildman–Crippen MR) is 99.3 cm³/mol. The van der Waals surface area contributed by atoms with E-state index in [-0.39, 0.29) is 23.0 Å². The number of nitrogens with one attached hydrogen (secondary N) is 1. The Labute approximate surface area is 155 Å². The Morgan fingerprint density at radius 1 is 1.22 bits per heavy atom. The van der Waals surface area contributed by atoms with Gasteiger partial charge < -0.3 is 10.2 Å². The number of hydrogen-bond donors (Lipinski definition) is 1. The van der Waals surface area contributed by atoms with Gasteiger partial charge in [0.25, 0.3) is 0 Å². The number of benzene rings is 1. The van der Waals surface area contributed by atoms with Crippen molar-refractivity contribution in [2.45, 2.75) is 64.6 Å². The fourth-order valence-electron chi connectivity index (χ4n) is 3.55. The molecule has 0 unspecified atom stereocenters. The molecule has 1 aliphatic rings. The van der Waals surface area contributed by atoms with Gasteiger partial charge in [-0.05, 0) is 74.7 Å². The second kappa shape index (κ2) is 6.73. The minimum Gasteiger partial charge on any atom is -0.404 e. The highest BCUT2D eigenvalue weighted by molar-refractivity contribution is 9.11. The molecule has 4 nitrogen and oxygen atoms in total. The molecule has 1 saturated heterocycles. The molecule has 1 aromatic rings. The smallest absolute Gasteiger partial charge is 0.217 e. The molecular weight excluding hydrogens is 424 g/mol. The molecule has 0 bridgehead atoms. The normalized spacial score (nSPS) is 21.0. The topological polar surface area (TPSA) is 41.6 Å². The summed E-state index contributed by atoms with van der Waals surface area (Å²) in [6.07, 6.45) is 1.67. The molecule has 1 aliphatic heterocycles. The molecule has 1 aromatic carbocycles. The van der Waals surface area contributed by atoms with Gasteiger partial charge in [-0.15, -0.1) is 5.06 Å². The zero-order valence-corrected chi connectivity index (χ0v) is 17.4. The predicted octanol–water partition coefficient (Wildman–Crippen LogP) is 4.66. The maximum absolute atomic E-state index is 11.4. The molecule has 2 rings (SSSR count). The Morgan fingerprint density at radius 2 is 1.78 bits per heavy atom. The molecule has 1 amide bonds. The fraction of sp³-hybridized carbons (Fsp3) is 0.588. The Bertz CT molecular complexity index is 584. The number of carbonyl (C=O) groups is 1. The molecule has 0 atom stereocenters. The van der Waals surface area contributed by atoms with E-state index >= 15 is 0 Å². The van der Waals surface area contributed by atoms with Gasteiger partial charge in [-0.1, -0.05) is 15.9 Å². The van der Waals surface area contributed by atoms with Crippen LogP contribution in [0.2, 0.25) is 0 Å². The van der Waals surface area contributed by atoms with Gasteiger partial charge >= 0.3 is 0 Å². The fourth-order valence-corrected chi connectivity index (χ4v) is 4.67. The van der Waals surface area contributed by atoms with Crippen molar-refractivity contribution < 1.29 is 9.63 Å². The van der Waals surface area contributed by atoms with Crippen LogP contribution in [0, 0.1) is 0 Å². The molecule has 1 fully saturated rings. The Kier molecular flexibility index (Phi) is 5.48. The average Bonchev–Trinajstić information content (AvgIpc) is 2.33. The molecule has 23 heavy (non-hydrogen) atoms. The molecule has 1 heterocycles. The van der Waals surface area contributed by atoms with Gasteiger partial charge in [0, 0.05) is 17.4 Å². The first-order chi connectivity index (χ1) is 10.5. The number of hydroxylamine groups is 2. The zero-order valence-electron chi connectivity index (χ0n) is 14.2. The SMILES string of the molecule is CC(=O)NC1CC(C)(C)N(Oc2ccc(Br)cc2Br)C(C)(C)C1. The van der Waals surface area contributed by atoms with E-state index in [0.717, 1.165) is 27.5 Å². The van der Waals surface area contributed by atoms with Crippen molar-refractivity contribution in [2.75, 3.05) is 0 Å². The summed E-state index contributed by atoms with van der Waals surface area (Å²) < 4.78 is 1.90. The third-order valence-corrected chi connectivity index (χ3v) is 5.20. The highest BCUT2D eigenvalue weighted by Crippen LogP contribution is 2.40. The standard InChI is InChI=1S/C17H24Br2N2O2/c1-11(22)20-13-9-16(2,3)21(17(4,5)10-13)23-15-7-6-12(18)8-14(15)19/h6-8,13H,9-10H2,1-5H3,(H,20,22). The highest BCUT2D eigenvalue weighted by Gasteiger charge is 2.47. The van der Waals surface area contributed by atoms with Crippen LogP contribution in [0.1, 0.15) is 47.5 Å². The van der Waals surface area contributed by atoms with Crippen molar-refractivity contribution in [3.63, 3.8) is 0 Å². The highest BCUT2D eigenvalue weighted by atomic mass is 79.9. The number of rotatable bonds is 3. The summed E-state index contributed by atoms with van der Waals surface area (Å²) in [5.74, 6) is 0.805. The maximum Gasteiger partial charge on any atom is 0.217 e. The number of carbonyl (C=O) groups excluding carboxylic acids is 1. The Morgan fingerprint density at radius 3 is 2.26 bits per heavy atom. The molecular formula is C17H24Br2N2O2. The van der Waals surface area contributed by atoms with E-state index in [1.54, 1.807) is 6.92 Å². The number of halogens is 2. The van der Waals surface area contributed by atoms with Crippen LogP contribution < -0.4 is 10.2 Å². The number of nitrogens with zero attached hydrogens (tertiary/aromatic N) is 1. The molecule has 0 aromatic heterocycles. The van der Waals surface area contributed by atoms with E-state index in [1.807, 2.05) is 18.2 Å². The van der Waals surface area contributed by atoms with Gasteiger partial charge in [-0.2, -0.15) is 0 Å². The molecule has 1 N–H and O–H groups in total. The van der Waals surface area contributed by atoms with Gasteiger partial charge in [0.1, 0.15) is 0 Å². The van der Waals surface area contributed by atoms with E-state index in [1.165, 1.54) is 0 Å². The van der Waals surface area contributed by atoms with Crippen molar-refractivity contribution >= 4 is 37.8 Å². The van der Waals surface area contributed by atoms with Crippen LogP contribution >= 0.6 is 31.9 Å². The summed E-state index contributed by atoms with van der Waals surface area (Å²) in [6, 6.07) is 6.04. The lowest BCUT2D eigenvalue weighted by Gasteiger charge is -2.53. The summed E-state index contributed by atoms with van der Waals surface area (Å²) >= 11 is 7.01. The van der Waals surface area contributed by atoms with Crippen molar-refractivity contribution in [1.82, 2.24) is 10.4 Å². The van der Waals surface area contributed by atoms with Crippen molar-refractivity contribution in [3.05, 3.63) is 27.1 Å². The number of amides is 1. The molecule has 0 radical (unpaired) electrons. The van der Waals surface area contributed by atoms with Crippen LogP contribution in [-0.2, 0) is 4.79 Å². The number of piperidine rings is 1. The largest absolute Gasteiger partial charge is 0.404 e. The first-order valence-electron chi connectivity index (χ1n) is 7.72. The van der Waals surface area contributed by atoms with Gasteiger partial charge in [0.15, 0.2) is 5.75 Å². The van der Waals surface area contributed by atoms with Crippen LogP contribution in [0.3, 0.4) is 0 Å². The van der Waals surface area contributed by atoms with Gasteiger partial charge in [0.05, 0.1) is 15.6 Å². The van der Waals surface area contributed by atoms with Crippen LogP contribution in [0.5, 0.6) is 5.75 Å². The van der Waals surface area contributed by atoms with E-state index in [9.17, 15) is 4.79 Å². The summed E-state index contributed by atoms with van der Waals surface area (Å²) in [6.45, 7) is 10.2. The van der Waals surface area contributed by atoms with E-state index in [4.69, 9.17) is 4.84 Å². The minimum absolute atomic E-state index is 0.0200. The molecule has 6 heteroatoms. The monoisotopic (exact) mass is 446 g/mol. The summed E-state index contributed by atoms with van der Waals surface area (Å²) in [5.41, 5.74) is -0.414. The van der Waals surface area contributed by atoms with E-state index < -0.39 is 0 Å². The lowest BCUT2D eigenvalue weighted by atomic mass is 9.79. The first-order valence-corrected chi connectivity index (χ1v) is 9.30. The van der Waals surface area contributed by atoms with Crippen LogP contribution in [-0.4, -0.2) is 28.1 Å². The second-order valence-corrected chi connectivity index (χ2v) is 9.16. The third-order valence-electron chi connectivity index (χ3n) is 4.08. The van der Waals surface area contributed by atoms with Gasteiger partial charge in [-0.3, -0.25) is 4.79 Å². The molecule has 0 aliphatic carbocycles. The maximum atomic E-state index is 11.4. The summed E-state index contributed by atoms with van der Waals surface area (Å²) in [4.78, 5) is 17.7.